The third-order valence-electron chi connectivity index (χ3n) is 6.50. The van der Waals surface area contributed by atoms with E-state index in [2.05, 4.69) is 16.6 Å². The summed E-state index contributed by atoms with van der Waals surface area (Å²) >= 11 is 12.5. The molecule has 5 rings (SSSR count). The lowest BCUT2D eigenvalue weighted by Crippen LogP contribution is -2.45. The molecular weight excluding hydrogens is 497 g/mol. The molecule has 2 N–H and O–H groups in total. The van der Waals surface area contributed by atoms with E-state index in [0.29, 0.717) is 64.4 Å². The summed E-state index contributed by atoms with van der Waals surface area (Å²) in [6.45, 7) is 1.94. The summed E-state index contributed by atoms with van der Waals surface area (Å²) in [6, 6.07) is 17.8. The number of terminal acetylenes is 1. The highest BCUT2D eigenvalue weighted by molar-refractivity contribution is 6.31. The Kier molecular flexibility index (Phi) is 6.63. The summed E-state index contributed by atoms with van der Waals surface area (Å²) in [7, 11) is 0. The Balaban J connectivity index is 1.63. The van der Waals surface area contributed by atoms with Gasteiger partial charge in [0, 0.05) is 52.1 Å². The number of nitrogens with one attached hydrogen (secondary N) is 2. The Labute approximate surface area is 219 Å². The van der Waals surface area contributed by atoms with Gasteiger partial charge < -0.3 is 20.3 Å². The fourth-order valence-electron chi connectivity index (χ4n) is 4.73. The minimum atomic E-state index is -1.24. The molecule has 1 atom stereocenters. The number of amides is 2. The van der Waals surface area contributed by atoms with Crippen molar-refractivity contribution >= 4 is 46.4 Å². The minimum absolute atomic E-state index is 0.156. The molecule has 0 bridgehead atoms. The van der Waals surface area contributed by atoms with Crippen molar-refractivity contribution in [3.63, 3.8) is 0 Å². The Morgan fingerprint density at radius 2 is 1.86 bits per heavy atom. The summed E-state index contributed by atoms with van der Waals surface area (Å²) in [5.74, 6) is 2.20. The number of rotatable bonds is 5. The van der Waals surface area contributed by atoms with Gasteiger partial charge in [0.25, 0.3) is 11.8 Å². The van der Waals surface area contributed by atoms with E-state index in [0.717, 1.165) is 5.56 Å². The van der Waals surface area contributed by atoms with Crippen molar-refractivity contribution in [2.45, 2.75) is 12.0 Å². The first-order chi connectivity index (χ1) is 17.4. The second-order valence-electron chi connectivity index (χ2n) is 8.79. The maximum Gasteiger partial charge on any atom is 0.256 e. The predicted octanol–water partition coefficient (Wildman–Crippen LogP) is 4.95. The molecule has 0 saturated carbocycles. The molecule has 8 heteroatoms. The standard InChI is InChI=1S/C28H23Cl2N3O3/c1-2-18-6-8-22(26(34)33-10-12-36-13-11-33)24(15-18)32-28(17-19-4-3-5-20(29)14-19)23-9-7-21(30)16-25(23)31-27(28)35/h1,3-9,14-16,32H,10-13,17H2,(H,31,35). The van der Waals surface area contributed by atoms with Gasteiger partial charge in [-0.15, -0.1) is 6.42 Å². The van der Waals surface area contributed by atoms with Gasteiger partial charge >= 0.3 is 0 Å². The largest absolute Gasteiger partial charge is 0.378 e. The second kappa shape index (κ2) is 9.87. The van der Waals surface area contributed by atoms with E-state index in [1.54, 1.807) is 41.3 Å². The van der Waals surface area contributed by atoms with Crippen LogP contribution in [0.25, 0.3) is 0 Å². The van der Waals surface area contributed by atoms with Gasteiger partial charge in [-0.1, -0.05) is 47.3 Å². The van der Waals surface area contributed by atoms with Crippen LogP contribution in [0, 0.1) is 12.3 Å². The van der Waals surface area contributed by atoms with Crippen LogP contribution in [0.4, 0.5) is 11.4 Å². The van der Waals surface area contributed by atoms with E-state index in [-0.39, 0.29) is 18.2 Å². The minimum Gasteiger partial charge on any atom is -0.378 e. The second-order valence-corrected chi connectivity index (χ2v) is 9.66. The fourth-order valence-corrected chi connectivity index (χ4v) is 5.12. The van der Waals surface area contributed by atoms with Crippen LogP contribution in [-0.4, -0.2) is 43.0 Å². The van der Waals surface area contributed by atoms with Crippen molar-refractivity contribution in [1.29, 1.82) is 0 Å². The van der Waals surface area contributed by atoms with Gasteiger partial charge in [0.2, 0.25) is 0 Å². The number of hydrogen-bond acceptors (Lipinski definition) is 4. The molecule has 2 aliphatic rings. The Morgan fingerprint density at radius 1 is 1.08 bits per heavy atom. The molecule has 1 saturated heterocycles. The summed E-state index contributed by atoms with van der Waals surface area (Å²) in [4.78, 5) is 29.0. The average molecular weight is 520 g/mol. The topological polar surface area (TPSA) is 70.7 Å². The van der Waals surface area contributed by atoms with Gasteiger partial charge in [0.05, 0.1) is 18.8 Å². The van der Waals surface area contributed by atoms with E-state index in [1.165, 1.54) is 0 Å². The lowest BCUT2D eigenvalue weighted by molar-refractivity contribution is -0.119. The highest BCUT2D eigenvalue weighted by Gasteiger charge is 2.47. The lowest BCUT2D eigenvalue weighted by atomic mass is 9.84. The van der Waals surface area contributed by atoms with Crippen LogP contribution in [0.3, 0.4) is 0 Å². The molecule has 36 heavy (non-hydrogen) atoms. The molecule has 3 aromatic rings. The number of carbonyl (C=O) groups is 2. The van der Waals surface area contributed by atoms with Gasteiger partial charge in [0.1, 0.15) is 5.54 Å². The lowest BCUT2D eigenvalue weighted by Gasteiger charge is -2.33. The smallest absolute Gasteiger partial charge is 0.256 e. The molecule has 6 nitrogen and oxygen atoms in total. The molecular formula is C28H23Cl2N3O3. The summed E-state index contributed by atoms with van der Waals surface area (Å²) < 4.78 is 5.40. The van der Waals surface area contributed by atoms with Gasteiger partial charge in [-0.25, -0.2) is 0 Å². The number of hydrogen-bond donors (Lipinski definition) is 2. The first-order valence-corrected chi connectivity index (χ1v) is 12.3. The number of nitrogens with zero attached hydrogens (tertiary/aromatic N) is 1. The zero-order valence-corrected chi connectivity index (χ0v) is 20.8. The number of morpholine rings is 1. The third kappa shape index (κ3) is 4.54. The van der Waals surface area contributed by atoms with Gasteiger partial charge in [0.15, 0.2) is 0 Å². The highest BCUT2D eigenvalue weighted by Crippen LogP contribution is 2.43. The van der Waals surface area contributed by atoms with Gasteiger partial charge in [-0.2, -0.15) is 0 Å². The van der Waals surface area contributed by atoms with Crippen molar-refractivity contribution in [2.75, 3.05) is 36.9 Å². The van der Waals surface area contributed by atoms with E-state index in [1.807, 2.05) is 24.3 Å². The maximum absolute atomic E-state index is 13.7. The van der Waals surface area contributed by atoms with E-state index >= 15 is 0 Å². The van der Waals surface area contributed by atoms with E-state index < -0.39 is 5.54 Å². The molecule has 3 aromatic carbocycles. The number of fused-ring (bicyclic) bond motifs is 1. The number of benzene rings is 3. The first-order valence-electron chi connectivity index (χ1n) is 11.5. The van der Waals surface area contributed by atoms with Crippen LogP contribution in [-0.2, 0) is 21.5 Å². The van der Waals surface area contributed by atoms with Gasteiger partial charge in [-0.05, 0) is 48.0 Å². The molecule has 2 amide bonds. The summed E-state index contributed by atoms with van der Waals surface area (Å²) in [5.41, 5.74) is 2.42. The summed E-state index contributed by atoms with van der Waals surface area (Å²) in [6.07, 6.45) is 5.97. The van der Waals surface area contributed by atoms with Crippen molar-refractivity contribution in [2.24, 2.45) is 0 Å². The van der Waals surface area contributed by atoms with Gasteiger partial charge in [-0.3, -0.25) is 9.59 Å². The molecule has 1 fully saturated rings. The van der Waals surface area contributed by atoms with E-state index in [4.69, 9.17) is 34.4 Å². The van der Waals surface area contributed by atoms with Crippen molar-refractivity contribution in [3.05, 3.63) is 93.0 Å². The molecule has 2 aliphatic heterocycles. The highest BCUT2D eigenvalue weighted by atomic mass is 35.5. The van der Waals surface area contributed by atoms with Crippen LogP contribution >= 0.6 is 23.2 Å². The molecule has 0 aliphatic carbocycles. The SMILES string of the molecule is C#Cc1ccc(C(=O)N2CCOCC2)c(NC2(Cc3cccc(Cl)c3)C(=O)Nc3cc(Cl)ccc32)c1. The van der Waals surface area contributed by atoms with Crippen molar-refractivity contribution in [3.8, 4) is 12.3 Å². The Bertz CT molecular complexity index is 1400. The third-order valence-corrected chi connectivity index (χ3v) is 6.97. The zero-order valence-electron chi connectivity index (χ0n) is 19.3. The monoisotopic (exact) mass is 519 g/mol. The molecule has 0 radical (unpaired) electrons. The van der Waals surface area contributed by atoms with Crippen LogP contribution in [0.5, 0.6) is 0 Å². The number of carbonyl (C=O) groups excluding carboxylic acids is 2. The summed E-state index contributed by atoms with van der Waals surface area (Å²) in [5, 5.41) is 7.46. The average Bonchev–Trinajstić information content (AvgIpc) is 3.13. The molecule has 2 heterocycles. The molecule has 0 spiro atoms. The number of halogens is 2. The van der Waals surface area contributed by atoms with Crippen LogP contribution < -0.4 is 10.6 Å². The molecule has 182 valence electrons. The number of ether oxygens (including phenoxy) is 1. The normalized spacial score (nSPS) is 18.8. The Morgan fingerprint density at radius 3 is 2.61 bits per heavy atom. The Hall–Kier alpha value is -3.50. The fraction of sp³-hybridized carbons (Fsp3) is 0.214. The van der Waals surface area contributed by atoms with Crippen molar-refractivity contribution < 1.29 is 14.3 Å². The zero-order chi connectivity index (χ0) is 25.3. The van der Waals surface area contributed by atoms with Crippen LogP contribution in [0.15, 0.2) is 60.7 Å². The van der Waals surface area contributed by atoms with Crippen molar-refractivity contribution in [1.82, 2.24) is 4.90 Å². The first kappa shape index (κ1) is 24.2. The quantitative estimate of drug-likeness (QED) is 0.468. The molecule has 0 aromatic heterocycles. The maximum atomic E-state index is 13.7. The number of anilines is 2. The van der Waals surface area contributed by atoms with Crippen LogP contribution in [0.2, 0.25) is 10.0 Å². The van der Waals surface area contributed by atoms with E-state index in [9.17, 15) is 9.59 Å². The molecule has 1 unspecified atom stereocenters. The predicted molar refractivity (Wildman–Crippen MR) is 142 cm³/mol. The van der Waals surface area contributed by atoms with Crippen LogP contribution in [0.1, 0.15) is 27.0 Å².